The number of nitrogens with two attached hydrogens (primary N) is 1. The Balaban J connectivity index is 3.33. The minimum Gasteiger partial charge on any atom is -0.382 e. The van der Waals surface area contributed by atoms with Crippen LogP contribution in [0.15, 0.2) is 0 Å². The van der Waals surface area contributed by atoms with Gasteiger partial charge in [0.05, 0.1) is 25.4 Å². The van der Waals surface area contributed by atoms with Gasteiger partial charge in [0.2, 0.25) is 5.91 Å². The molecule has 0 aliphatic rings. The summed E-state index contributed by atoms with van der Waals surface area (Å²) in [7, 11) is 1.61. The van der Waals surface area contributed by atoms with Gasteiger partial charge in [0, 0.05) is 13.7 Å². The third kappa shape index (κ3) is 6.82. The van der Waals surface area contributed by atoms with Gasteiger partial charge in [-0.3, -0.25) is 4.79 Å². The number of hydrogen-bond donors (Lipinski definition) is 2. The SMILES string of the molecule is COCCOCCNC(=O)C(C)(C)N. The van der Waals surface area contributed by atoms with E-state index in [1.807, 2.05) is 0 Å². The summed E-state index contributed by atoms with van der Waals surface area (Å²) < 4.78 is 9.95. The zero-order valence-corrected chi connectivity index (χ0v) is 9.13. The number of ether oxygens (including phenoxy) is 2. The van der Waals surface area contributed by atoms with Gasteiger partial charge in [0.25, 0.3) is 0 Å². The van der Waals surface area contributed by atoms with Crippen LogP contribution < -0.4 is 11.1 Å². The monoisotopic (exact) mass is 204 g/mol. The van der Waals surface area contributed by atoms with E-state index in [1.165, 1.54) is 0 Å². The van der Waals surface area contributed by atoms with Gasteiger partial charge in [0.15, 0.2) is 0 Å². The van der Waals surface area contributed by atoms with E-state index >= 15 is 0 Å². The second-order valence-corrected chi connectivity index (χ2v) is 3.58. The van der Waals surface area contributed by atoms with Gasteiger partial charge < -0.3 is 20.5 Å². The molecule has 84 valence electrons. The first-order chi connectivity index (χ1) is 6.48. The van der Waals surface area contributed by atoms with E-state index < -0.39 is 5.54 Å². The van der Waals surface area contributed by atoms with Crippen molar-refractivity contribution in [3.63, 3.8) is 0 Å². The summed E-state index contributed by atoms with van der Waals surface area (Å²) in [5, 5.41) is 2.67. The van der Waals surface area contributed by atoms with E-state index in [9.17, 15) is 4.79 Å². The van der Waals surface area contributed by atoms with Crippen molar-refractivity contribution in [2.75, 3.05) is 33.5 Å². The largest absolute Gasteiger partial charge is 0.382 e. The predicted molar refractivity (Wildman–Crippen MR) is 54.0 cm³/mol. The number of rotatable bonds is 7. The summed E-state index contributed by atoms with van der Waals surface area (Å²) in [5.74, 6) is -0.173. The summed E-state index contributed by atoms with van der Waals surface area (Å²) in [6, 6.07) is 0. The van der Waals surface area contributed by atoms with Gasteiger partial charge in [-0.2, -0.15) is 0 Å². The number of methoxy groups -OCH3 is 1. The molecule has 0 fully saturated rings. The number of amides is 1. The highest BCUT2D eigenvalue weighted by atomic mass is 16.5. The summed E-state index contributed by atoms with van der Waals surface area (Å²) in [6.45, 7) is 5.38. The second-order valence-electron chi connectivity index (χ2n) is 3.58. The van der Waals surface area contributed by atoms with Gasteiger partial charge in [-0.25, -0.2) is 0 Å². The smallest absolute Gasteiger partial charge is 0.239 e. The lowest BCUT2D eigenvalue weighted by atomic mass is 10.1. The summed E-state index contributed by atoms with van der Waals surface area (Å²) in [5.41, 5.74) is 4.74. The summed E-state index contributed by atoms with van der Waals surface area (Å²) >= 11 is 0. The first kappa shape index (κ1) is 13.4. The Kier molecular flexibility index (Phi) is 6.44. The van der Waals surface area contributed by atoms with Crippen molar-refractivity contribution in [3.8, 4) is 0 Å². The van der Waals surface area contributed by atoms with Crippen molar-refractivity contribution in [2.24, 2.45) is 5.73 Å². The molecule has 3 N–H and O–H groups in total. The first-order valence-corrected chi connectivity index (χ1v) is 4.62. The molecule has 14 heavy (non-hydrogen) atoms. The third-order valence-electron chi connectivity index (χ3n) is 1.55. The van der Waals surface area contributed by atoms with Crippen LogP contribution in [0.25, 0.3) is 0 Å². The molecule has 0 aromatic carbocycles. The van der Waals surface area contributed by atoms with E-state index in [0.29, 0.717) is 26.4 Å². The van der Waals surface area contributed by atoms with Gasteiger partial charge in [0.1, 0.15) is 0 Å². The van der Waals surface area contributed by atoms with Crippen LogP contribution in [-0.4, -0.2) is 44.9 Å². The Morgan fingerprint density at radius 2 is 2.00 bits per heavy atom. The molecule has 1 amide bonds. The van der Waals surface area contributed by atoms with Crippen molar-refractivity contribution in [1.29, 1.82) is 0 Å². The maximum atomic E-state index is 11.2. The lowest BCUT2D eigenvalue weighted by molar-refractivity contribution is -0.125. The molecule has 5 nitrogen and oxygen atoms in total. The van der Waals surface area contributed by atoms with Crippen LogP contribution in [0.3, 0.4) is 0 Å². The Labute approximate surface area is 84.9 Å². The first-order valence-electron chi connectivity index (χ1n) is 4.62. The quantitative estimate of drug-likeness (QED) is 0.548. The van der Waals surface area contributed by atoms with E-state index in [2.05, 4.69) is 5.32 Å². The zero-order chi connectivity index (χ0) is 11.0. The Morgan fingerprint density at radius 3 is 2.50 bits per heavy atom. The Bertz CT molecular complexity index is 166. The average molecular weight is 204 g/mol. The van der Waals surface area contributed by atoms with E-state index in [-0.39, 0.29) is 5.91 Å². The summed E-state index contributed by atoms with van der Waals surface area (Å²) in [4.78, 5) is 11.2. The normalized spacial score (nSPS) is 11.4. The van der Waals surface area contributed by atoms with E-state index in [4.69, 9.17) is 15.2 Å². The number of carbonyl (C=O) groups excluding carboxylic acids is 1. The fourth-order valence-corrected chi connectivity index (χ4v) is 0.709. The van der Waals surface area contributed by atoms with E-state index in [0.717, 1.165) is 0 Å². The molecule has 0 saturated carbocycles. The van der Waals surface area contributed by atoms with E-state index in [1.54, 1.807) is 21.0 Å². The molecule has 0 aromatic heterocycles. The molecule has 0 rings (SSSR count). The molecule has 0 radical (unpaired) electrons. The number of nitrogens with one attached hydrogen (secondary N) is 1. The summed E-state index contributed by atoms with van der Waals surface area (Å²) in [6.07, 6.45) is 0. The standard InChI is InChI=1S/C9H20N2O3/c1-9(2,10)8(12)11-4-5-14-7-6-13-3/h4-7,10H2,1-3H3,(H,11,12). The van der Waals surface area contributed by atoms with Gasteiger partial charge >= 0.3 is 0 Å². The van der Waals surface area contributed by atoms with Crippen molar-refractivity contribution >= 4 is 5.91 Å². The highest BCUT2D eigenvalue weighted by Crippen LogP contribution is 1.94. The molecule has 0 saturated heterocycles. The molecular weight excluding hydrogens is 184 g/mol. The lowest BCUT2D eigenvalue weighted by Gasteiger charge is -2.17. The van der Waals surface area contributed by atoms with Gasteiger partial charge in [-0.15, -0.1) is 0 Å². The molecule has 0 aliphatic heterocycles. The number of carbonyl (C=O) groups is 1. The maximum Gasteiger partial charge on any atom is 0.239 e. The molecule has 0 unspecified atom stereocenters. The molecule has 0 aliphatic carbocycles. The molecule has 0 bridgehead atoms. The minimum atomic E-state index is -0.827. The predicted octanol–water partition coefficient (Wildman–Crippen LogP) is -0.497. The van der Waals surface area contributed by atoms with Crippen molar-refractivity contribution in [1.82, 2.24) is 5.32 Å². The third-order valence-corrected chi connectivity index (χ3v) is 1.55. The second kappa shape index (κ2) is 6.75. The van der Waals surface area contributed by atoms with Crippen molar-refractivity contribution in [2.45, 2.75) is 19.4 Å². The minimum absolute atomic E-state index is 0.173. The fraction of sp³-hybridized carbons (Fsp3) is 0.889. The highest BCUT2D eigenvalue weighted by molar-refractivity contribution is 5.84. The Morgan fingerprint density at radius 1 is 1.36 bits per heavy atom. The van der Waals surface area contributed by atoms with Gasteiger partial charge in [-0.05, 0) is 13.8 Å². The van der Waals surface area contributed by atoms with Crippen LogP contribution in [-0.2, 0) is 14.3 Å². The molecule has 0 atom stereocenters. The maximum absolute atomic E-state index is 11.2. The van der Waals surface area contributed by atoms with Crippen LogP contribution in [0.4, 0.5) is 0 Å². The average Bonchev–Trinajstić information content (AvgIpc) is 2.09. The highest BCUT2D eigenvalue weighted by Gasteiger charge is 2.20. The topological polar surface area (TPSA) is 73.6 Å². The molecule has 0 spiro atoms. The molecule has 0 heterocycles. The zero-order valence-electron chi connectivity index (χ0n) is 9.13. The van der Waals surface area contributed by atoms with Crippen LogP contribution in [0.2, 0.25) is 0 Å². The van der Waals surface area contributed by atoms with Crippen molar-refractivity contribution in [3.05, 3.63) is 0 Å². The van der Waals surface area contributed by atoms with Crippen LogP contribution in [0.1, 0.15) is 13.8 Å². The van der Waals surface area contributed by atoms with Crippen LogP contribution in [0.5, 0.6) is 0 Å². The van der Waals surface area contributed by atoms with Crippen LogP contribution >= 0.6 is 0 Å². The van der Waals surface area contributed by atoms with Gasteiger partial charge in [-0.1, -0.05) is 0 Å². The number of hydrogen-bond acceptors (Lipinski definition) is 4. The van der Waals surface area contributed by atoms with Crippen molar-refractivity contribution < 1.29 is 14.3 Å². The fourth-order valence-electron chi connectivity index (χ4n) is 0.709. The molecular formula is C9H20N2O3. The molecule has 0 aromatic rings. The van der Waals surface area contributed by atoms with Crippen LogP contribution in [0, 0.1) is 0 Å². The molecule has 5 heteroatoms. The lowest BCUT2D eigenvalue weighted by Crippen LogP contribution is -2.49. The Hall–Kier alpha value is -0.650.